The number of hydrogen-bond acceptors (Lipinski definition) is 2. The Bertz CT molecular complexity index is 415. The molecule has 1 aromatic carbocycles. The molecule has 1 fully saturated rings. The molecule has 1 aromatic rings. The molecule has 0 bridgehead atoms. The summed E-state index contributed by atoms with van der Waals surface area (Å²) in [6, 6.07) is 8.68. The Morgan fingerprint density at radius 2 is 1.80 bits per heavy atom. The molecule has 1 saturated carbocycles. The molecule has 0 aliphatic heterocycles. The number of thioether (sulfide) groups is 1. The average molecular weight is 312 g/mol. The Hall–Kier alpha value is -0.670. The van der Waals surface area contributed by atoms with Crippen LogP contribution in [0.3, 0.4) is 0 Å². The largest absolute Gasteiger partial charge is 0.353 e. The zero-order chi connectivity index (χ0) is 14.2. The van der Waals surface area contributed by atoms with Gasteiger partial charge in [0.15, 0.2) is 0 Å². The number of carbonyl (C=O) groups is 1. The fourth-order valence-electron chi connectivity index (χ4n) is 2.50. The van der Waals surface area contributed by atoms with E-state index in [1.807, 2.05) is 12.1 Å². The first-order valence-corrected chi connectivity index (χ1v) is 8.98. The normalized spacial score (nSPS) is 16.1. The number of rotatable bonds is 6. The van der Waals surface area contributed by atoms with Crippen molar-refractivity contribution in [2.45, 2.75) is 49.8 Å². The Balaban J connectivity index is 1.65. The van der Waals surface area contributed by atoms with Gasteiger partial charge in [0, 0.05) is 17.7 Å². The van der Waals surface area contributed by atoms with Gasteiger partial charge in [-0.1, -0.05) is 43.5 Å². The van der Waals surface area contributed by atoms with E-state index in [0.29, 0.717) is 17.7 Å². The van der Waals surface area contributed by atoms with E-state index < -0.39 is 0 Å². The quantitative estimate of drug-likeness (QED) is 0.801. The summed E-state index contributed by atoms with van der Waals surface area (Å²) in [5.74, 6) is 2.16. The van der Waals surface area contributed by atoms with Crippen LogP contribution in [0, 0.1) is 0 Å². The zero-order valence-electron chi connectivity index (χ0n) is 11.7. The van der Waals surface area contributed by atoms with Crippen LogP contribution in [0.1, 0.15) is 43.2 Å². The molecule has 0 unspecified atom stereocenters. The molecule has 1 aliphatic rings. The molecule has 4 heteroatoms. The molecule has 110 valence electrons. The van der Waals surface area contributed by atoms with E-state index in [9.17, 15) is 4.79 Å². The lowest BCUT2D eigenvalue weighted by molar-refractivity contribution is -0.119. The Morgan fingerprint density at radius 1 is 1.15 bits per heavy atom. The predicted octanol–water partition coefficient (Wildman–Crippen LogP) is 4.11. The molecule has 0 spiro atoms. The van der Waals surface area contributed by atoms with Crippen molar-refractivity contribution in [2.24, 2.45) is 0 Å². The minimum Gasteiger partial charge on any atom is -0.353 e. The van der Waals surface area contributed by atoms with Gasteiger partial charge in [-0.15, -0.1) is 23.4 Å². The highest BCUT2D eigenvalue weighted by atomic mass is 35.5. The van der Waals surface area contributed by atoms with Gasteiger partial charge in [0.25, 0.3) is 0 Å². The van der Waals surface area contributed by atoms with E-state index in [0.717, 1.165) is 24.2 Å². The summed E-state index contributed by atoms with van der Waals surface area (Å²) >= 11 is 7.43. The second-order valence-electron chi connectivity index (χ2n) is 5.35. The van der Waals surface area contributed by atoms with Crippen molar-refractivity contribution in [3.63, 3.8) is 0 Å². The van der Waals surface area contributed by atoms with E-state index in [1.54, 1.807) is 11.8 Å². The van der Waals surface area contributed by atoms with Crippen LogP contribution < -0.4 is 5.32 Å². The van der Waals surface area contributed by atoms with Crippen molar-refractivity contribution < 1.29 is 4.79 Å². The molecule has 0 atom stereocenters. The standard InChI is InChI=1S/C16H22ClNOS/c17-10-13-6-8-14(9-7-13)11-20-12-16(19)18-15-4-2-1-3-5-15/h6-9,15H,1-5,10-12H2,(H,18,19). The lowest BCUT2D eigenvalue weighted by Crippen LogP contribution is -2.37. The highest BCUT2D eigenvalue weighted by molar-refractivity contribution is 7.99. The molecule has 0 heterocycles. The van der Waals surface area contributed by atoms with Gasteiger partial charge in [0.05, 0.1) is 5.75 Å². The minimum absolute atomic E-state index is 0.180. The molecule has 0 saturated heterocycles. The topological polar surface area (TPSA) is 29.1 Å². The lowest BCUT2D eigenvalue weighted by atomic mass is 9.95. The van der Waals surface area contributed by atoms with Gasteiger partial charge in [-0.25, -0.2) is 0 Å². The number of hydrogen-bond donors (Lipinski definition) is 1. The number of halogens is 1. The number of amides is 1. The van der Waals surface area contributed by atoms with Crippen molar-refractivity contribution in [3.05, 3.63) is 35.4 Å². The van der Waals surface area contributed by atoms with E-state index in [2.05, 4.69) is 17.4 Å². The van der Waals surface area contributed by atoms with Crippen molar-refractivity contribution >= 4 is 29.3 Å². The van der Waals surface area contributed by atoms with Gasteiger partial charge in [-0.3, -0.25) is 4.79 Å². The first-order valence-electron chi connectivity index (χ1n) is 7.29. The molecular weight excluding hydrogens is 290 g/mol. The molecule has 20 heavy (non-hydrogen) atoms. The fraction of sp³-hybridized carbons (Fsp3) is 0.562. The van der Waals surface area contributed by atoms with Crippen LogP contribution in [-0.2, 0) is 16.4 Å². The molecule has 0 aromatic heterocycles. The zero-order valence-corrected chi connectivity index (χ0v) is 13.3. The van der Waals surface area contributed by atoms with Crippen LogP contribution in [0.5, 0.6) is 0 Å². The van der Waals surface area contributed by atoms with Gasteiger partial charge < -0.3 is 5.32 Å². The maximum Gasteiger partial charge on any atom is 0.230 e. The Kier molecular flexibility index (Phi) is 6.74. The second kappa shape index (κ2) is 8.58. The number of alkyl halides is 1. The number of nitrogens with one attached hydrogen (secondary N) is 1. The van der Waals surface area contributed by atoms with Crippen LogP contribution in [0.4, 0.5) is 0 Å². The third-order valence-corrected chi connectivity index (χ3v) is 4.96. The van der Waals surface area contributed by atoms with Crippen LogP contribution in [-0.4, -0.2) is 17.7 Å². The minimum atomic E-state index is 0.180. The summed E-state index contributed by atoms with van der Waals surface area (Å²) < 4.78 is 0. The number of benzene rings is 1. The summed E-state index contributed by atoms with van der Waals surface area (Å²) in [5.41, 5.74) is 2.38. The first kappa shape index (κ1) is 15.7. The van der Waals surface area contributed by atoms with Gasteiger partial charge in [-0.2, -0.15) is 0 Å². The molecule has 2 rings (SSSR count). The monoisotopic (exact) mass is 311 g/mol. The smallest absolute Gasteiger partial charge is 0.230 e. The first-order chi connectivity index (χ1) is 9.78. The van der Waals surface area contributed by atoms with Gasteiger partial charge in [0.1, 0.15) is 0 Å². The van der Waals surface area contributed by atoms with Crippen LogP contribution in [0.2, 0.25) is 0 Å². The van der Waals surface area contributed by atoms with E-state index in [-0.39, 0.29) is 5.91 Å². The van der Waals surface area contributed by atoms with E-state index in [1.165, 1.54) is 24.8 Å². The maximum atomic E-state index is 11.9. The SMILES string of the molecule is O=C(CSCc1ccc(CCl)cc1)NC1CCCCC1. The maximum absolute atomic E-state index is 11.9. The lowest BCUT2D eigenvalue weighted by Gasteiger charge is -2.22. The highest BCUT2D eigenvalue weighted by Gasteiger charge is 2.15. The average Bonchev–Trinajstić information content (AvgIpc) is 2.49. The number of carbonyl (C=O) groups excluding carboxylic acids is 1. The summed E-state index contributed by atoms with van der Waals surface area (Å²) in [6.07, 6.45) is 6.13. The van der Waals surface area contributed by atoms with Gasteiger partial charge in [-0.05, 0) is 24.0 Å². The summed E-state index contributed by atoms with van der Waals surface area (Å²) in [5, 5.41) is 3.15. The summed E-state index contributed by atoms with van der Waals surface area (Å²) in [6.45, 7) is 0. The summed E-state index contributed by atoms with van der Waals surface area (Å²) in [7, 11) is 0. The Labute approximate surface area is 130 Å². The van der Waals surface area contributed by atoms with Gasteiger partial charge in [0.2, 0.25) is 5.91 Å². The predicted molar refractivity (Wildman–Crippen MR) is 87.2 cm³/mol. The molecule has 1 aliphatic carbocycles. The molecule has 1 N–H and O–H groups in total. The fourth-order valence-corrected chi connectivity index (χ4v) is 3.48. The van der Waals surface area contributed by atoms with Crippen LogP contribution >= 0.6 is 23.4 Å². The third kappa shape index (κ3) is 5.37. The van der Waals surface area contributed by atoms with Crippen LogP contribution in [0.15, 0.2) is 24.3 Å². The summed E-state index contributed by atoms with van der Waals surface area (Å²) in [4.78, 5) is 11.9. The molecule has 0 radical (unpaired) electrons. The van der Waals surface area contributed by atoms with Crippen LogP contribution in [0.25, 0.3) is 0 Å². The van der Waals surface area contributed by atoms with Crippen molar-refractivity contribution in [1.29, 1.82) is 0 Å². The molecule has 1 amide bonds. The van der Waals surface area contributed by atoms with E-state index >= 15 is 0 Å². The van der Waals surface area contributed by atoms with Crippen molar-refractivity contribution in [1.82, 2.24) is 5.32 Å². The van der Waals surface area contributed by atoms with Crippen molar-refractivity contribution in [2.75, 3.05) is 5.75 Å². The highest BCUT2D eigenvalue weighted by Crippen LogP contribution is 2.18. The van der Waals surface area contributed by atoms with Crippen molar-refractivity contribution in [3.8, 4) is 0 Å². The second-order valence-corrected chi connectivity index (χ2v) is 6.60. The molecule has 2 nitrogen and oxygen atoms in total. The Morgan fingerprint density at radius 3 is 2.45 bits per heavy atom. The molecular formula is C16H22ClNOS. The van der Waals surface area contributed by atoms with Gasteiger partial charge >= 0.3 is 0 Å². The third-order valence-electron chi connectivity index (χ3n) is 3.65. The van der Waals surface area contributed by atoms with E-state index in [4.69, 9.17) is 11.6 Å².